The summed E-state index contributed by atoms with van der Waals surface area (Å²) in [5, 5.41) is 67.3. The van der Waals surface area contributed by atoms with E-state index >= 15 is 4.79 Å². The first-order chi connectivity index (χ1) is 42.2. The predicted molar refractivity (Wildman–Crippen MR) is 337 cm³/mol. The van der Waals surface area contributed by atoms with Crippen LogP contribution in [0.2, 0.25) is 0 Å². The van der Waals surface area contributed by atoms with Gasteiger partial charge in [-0.15, -0.1) is 0 Å². The second-order valence-electron chi connectivity index (χ2n) is 25.7. The standard InChI is InChI=1S/C72H73NO12S2/c1-39(74)84-65-28-53-27-58-56-30-67(63(77)23-48(56)21-59-62(76)31-60-57-29-64(78)66(82-3)24-49(57)22-61(65)72(60,69(58)59)51-16-13-44-8-4-5-9-45(44)19-51)83-37-68(79)87-86-38-43-17-40-11-12-42(36-81-2)35-73-34-41-7-6-10-46(18-41)55-26-52(75)20-47-14-15-50(25-54(47)55)71(32-40,33-43)70(80)85-53/h4-10,13-16,18-20,23-26,29-30,40,42-43,53,58-62,65,68-69,73,75-79H,17,21-22,27-28,31-38H2,1-3H3/t40-,42-,43+,53+,58+,59-,60+,61-,62+,65-,68-,69-,71-,72-/m1/s1. The molecule has 0 radical (unpaired) electrons. The molecule has 3 saturated carbocycles. The second kappa shape index (κ2) is 23.2. The minimum Gasteiger partial charge on any atom is -0.508 e. The summed E-state index contributed by atoms with van der Waals surface area (Å²) in [5.74, 6) is 4.87. The molecule has 13 nitrogen and oxygen atoms in total. The van der Waals surface area contributed by atoms with Gasteiger partial charge in [-0.2, -0.15) is 0 Å². The van der Waals surface area contributed by atoms with E-state index < -0.39 is 76.1 Å². The lowest BCUT2D eigenvalue weighted by Gasteiger charge is -2.66. The fourth-order valence-corrected chi connectivity index (χ4v) is 19.6. The van der Waals surface area contributed by atoms with Crippen LogP contribution in [0.5, 0.6) is 28.7 Å². The number of esters is 2. The van der Waals surface area contributed by atoms with Gasteiger partial charge in [-0.3, -0.25) is 9.59 Å². The first kappa shape index (κ1) is 57.8. The minimum atomic E-state index is -1.28. The van der Waals surface area contributed by atoms with Crippen LogP contribution >= 0.6 is 21.6 Å². The normalized spacial score (nSPS) is 30.9. The van der Waals surface area contributed by atoms with Crippen LogP contribution in [0.15, 0.2) is 121 Å². The highest BCUT2D eigenvalue weighted by molar-refractivity contribution is 8.76. The van der Waals surface area contributed by atoms with E-state index in [1.807, 2.05) is 48.5 Å². The molecule has 14 rings (SSSR count). The van der Waals surface area contributed by atoms with E-state index in [4.69, 9.17) is 23.7 Å². The van der Waals surface area contributed by atoms with Crippen LogP contribution in [0.3, 0.4) is 0 Å². The molecule has 5 aliphatic carbocycles. The van der Waals surface area contributed by atoms with Crippen molar-refractivity contribution < 1.29 is 58.8 Å². The molecule has 1 spiro atoms. The van der Waals surface area contributed by atoms with Crippen LogP contribution in [0.1, 0.15) is 96.2 Å². The Hall–Kier alpha value is -6.90. The summed E-state index contributed by atoms with van der Waals surface area (Å²) < 4.78 is 32.3. The third-order valence-electron chi connectivity index (χ3n) is 20.7. The lowest BCUT2D eigenvalue weighted by atomic mass is 9.38. The van der Waals surface area contributed by atoms with Crippen molar-refractivity contribution in [2.24, 2.45) is 35.5 Å². The molecular weight excluding hydrogens is 1130 g/mol. The van der Waals surface area contributed by atoms with Crippen LogP contribution in [0.4, 0.5) is 0 Å². The van der Waals surface area contributed by atoms with Crippen LogP contribution in [-0.2, 0) is 54.0 Å². The number of phenols is 3. The molecule has 0 aromatic heterocycles. The molecule has 2 aliphatic heterocycles. The molecule has 11 bridgehead atoms. The average molecular weight is 1210 g/mol. The number of fused-ring (bicyclic) bond motifs is 11. The number of ether oxygens (including phenoxy) is 5. The van der Waals surface area contributed by atoms with Gasteiger partial charge in [-0.05, 0) is 195 Å². The molecule has 15 heteroatoms. The van der Waals surface area contributed by atoms with Crippen molar-refractivity contribution in [2.75, 3.05) is 39.7 Å². The number of carbonyl (C=O) groups is 2. The highest BCUT2D eigenvalue weighted by Gasteiger charge is 2.67. The molecular formula is C72H73NO12S2. The molecule has 0 unspecified atom stereocenters. The van der Waals surface area contributed by atoms with E-state index in [-0.39, 0.29) is 60.2 Å². The number of hydrogen-bond donors (Lipinski definition) is 6. The summed E-state index contributed by atoms with van der Waals surface area (Å²) in [4.78, 5) is 31.0. The summed E-state index contributed by atoms with van der Waals surface area (Å²) in [6.45, 7) is 2.89. The topological polar surface area (TPSA) is 193 Å². The van der Waals surface area contributed by atoms with Crippen molar-refractivity contribution in [3.63, 3.8) is 0 Å². The molecule has 0 saturated heterocycles. The van der Waals surface area contributed by atoms with Crippen molar-refractivity contribution in [3.8, 4) is 51.7 Å². The Morgan fingerprint density at radius 2 is 1.62 bits per heavy atom. The monoisotopic (exact) mass is 1210 g/mol. The number of rotatable bonds is 5. The lowest BCUT2D eigenvalue weighted by Crippen LogP contribution is -2.65. The fraction of sp³-hybridized carbons (Fsp3) is 0.417. The van der Waals surface area contributed by atoms with Gasteiger partial charge in [0.05, 0.1) is 31.2 Å². The maximum atomic E-state index is 16.9. The fourth-order valence-electron chi connectivity index (χ4n) is 17.3. The van der Waals surface area contributed by atoms with Crippen LogP contribution in [0.25, 0.3) is 32.7 Å². The minimum absolute atomic E-state index is 0.0112. The number of hydrogen-bond acceptors (Lipinski definition) is 15. The summed E-state index contributed by atoms with van der Waals surface area (Å²) in [6.07, 6.45) is 0.392. The average Bonchev–Trinajstić information content (AvgIpc) is 0.689. The van der Waals surface area contributed by atoms with Crippen LogP contribution in [0, 0.1) is 47.3 Å². The van der Waals surface area contributed by atoms with Crippen molar-refractivity contribution >= 4 is 55.1 Å². The number of phenolic OH excluding ortho intramolecular Hbond substituents is 3. The summed E-state index contributed by atoms with van der Waals surface area (Å²) in [7, 11) is 6.03. The number of aromatic hydroxyl groups is 3. The zero-order chi connectivity index (χ0) is 59.9. The van der Waals surface area contributed by atoms with Gasteiger partial charge < -0.3 is 54.5 Å². The summed E-state index contributed by atoms with van der Waals surface area (Å²) in [5.41, 5.74) is 4.97. The number of carbonyl (C=O) groups excluding carboxylic acids is 2. The Labute approximate surface area is 514 Å². The molecule has 7 aromatic carbocycles. The third-order valence-corrected chi connectivity index (χ3v) is 23.2. The van der Waals surface area contributed by atoms with Crippen molar-refractivity contribution in [1.29, 1.82) is 0 Å². The van der Waals surface area contributed by atoms with Gasteiger partial charge in [0.25, 0.3) is 0 Å². The zero-order valence-electron chi connectivity index (χ0n) is 49.1. The summed E-state index contributed by atoms with van der Waals surface area (Å²) in [6, 6.07) is 40.3. The number of methoxy groups -OCH3 is 2. The van der Waals surface area contributed by atoms with E-state index in [1.54, 1.807) is 25.3 Å². The smallest absolute Gasteiger partial charge is 0.316 e. The maximum absolute atomic E-state index is 16.9. The van der Waals surface area contributed by atoms with Gasteiger partial charge in [0, 0.05) is 56.5 Å². The Morgan fingerprint density at radius 1 is 0.793 bits per heavy atom. The number of aliphatic hydroxyl groups is 2. The van der Waals surface area contributed by atoms with Gasteiger partial charge in [0.15, 0.2) is 23.0 Å². The van der Waals surface area contributed by atoms with Crippen molar-refractivity contribution in [2.45, 2.75) is 111 Å². The van der Waals surface area contributed by atoms with Crippen LogP contribution in [-0.4, -0.2) is 101 Å². The number of benzene rings is 7. The van der Waals surface area contributed by atoms with Gasteiger partial charge >= 0.3 is 11.9 Å². The highest BCUT2D eigenvalue weighted by Crippen LogP contribution is 2.70. The van der Waals surface area contributed by atoms with Crippen molar-refractivity contribution in [1.82, 2.24) is 5.32 Å². The zero-order valence-corrected chi connectivity index (χ0v) is 50.7. The summed E-state index contributed by atoms with van der Waals surface area (Å²) >= 11 is 0. The third kappa shape index (κ3) is 10.4. The van der Waals surface area contributed by atoms with E-state index in [9.17, 15) is 30.3 Å². The molecule has 7 aliphatic rings. The van der Waals surface area contributed by atoms with E-state index in [2.05, 4.69) is 71.8 Å². The van der Waals surface area contributed by atoms with E-state index in [1.165, 1.54) is 35.6 Å². The van der Waals surface area contributed by atoms with Gasteiger partial charge in [-0.25, -0.2) is 0 Å². The molecule has 14 atom stereocenters. The maximum Gasteiger partial charge on any atom is 0.316 e. The first-order valence-electron chi connectivity index (χ1n) is 30.7. The molecule has 0 amide bonds. The Kier molecular flexibility index (Phi) is 15.4. The van der Waals surface area contributed by atoms with E-state index in [0.29, 0.717) is 69.7 Å². The number of nitrogens with one attached hydrogen (secondary N) is 1. The largest absolute Gasteiger partial charge is 0.508 e. The second-order valence-corrected chi connectivity index (χ2v) is 28.3. The van der Waals surface area contributed by atoms with Gasteiger partial charge in [0.2, 0.25) is 0 Å². The molecule has 3 fully saturated rings. The Balaban J connectivity index is 1.00. The lowest BCUT2D eigenvalue weighted by molar-refractivity contribution is -0.175. The SMILES string of the molecule is COC[C@@H]1C#C[C@@H]2C[C@@H]3CSS[C@@H](O)COc4cc5c(cc4O)C[C@H]4[C@H]6[C@H]5C[C@@H](C[C@@H](OC(C)=O)[C@H]5Cc7cc(OC)c(O)cc7[C@H](C[C@@H]4O)[C@@]65c4ccc5ccccc5c4)OC(=O)[C@](C2)(C3)c2ccc3cc(O)cc(c3c2)-c2cccc(c2)CNC1. The van der Waals surface area contributed by atoms with Gasteiger partial charge in [-0.1, -0.05) is 106 Å². The molecule has 2 heterocycles. The quantitative estimate of drug-likeness (QED) is 0.0541. The highest BCUT2D eigenvalue weighted by atomic mass is 33.1. The molecule has 450 valence electrons. The van der Waals surface area contributed by atoms with E-state index in [0.717, 1.165) is 71.6 Å². The first-order valence-corrected chi connectivity index (χ1v) is 33.1. The molecule has 87 heavy (non-hydrogen) atoms. The van der Waals surface area contributed by atoms with Gasteiger partial charge in [0.1, 0.15) is 30.0 Å². The molecule has 6 N–H and O–H groups in total. The molecule has 7 aromatic rings. The van der Waals surface area contributed by atoms with Crippen LogP contribution < -0.4 is 14.8 Å². The Bertz CT molecular complexity index is 3920. The Morgan fingerprint density at radius 3 is 2.46 bits per heavy atom. The van der Waals surface area contributed by atoms with Crippen molar-refractivity contribution in [3.05, 3.63) is 160 Å². The predicted octanol–water partition coefficient (Wildman–Crippen LogP) is 11.8. The number of aliphatic hydroxyl groups excluding tert-OH is 2.